The van der Waals surface area contributed by atoms with E-state index in [1.165, 1.54) is 0 Å². The first-order chi connectivity index (χ1) is 16.2. The van der Waals surface area contributed by atoms with Gasteiger partial charge >= 0.3 is 0 Å². The van der Waals surface area contributed by atoms with Gasteiger partial charge < -0.3 is 4.90 Å². The number of amides is 1. The minimum Gasteiger partial charge on any atom is -0.339 e. The molecular formula is C29H30ClN3O. The summed E-state index contributed by atoms with van der Waals surface area (Å²) in [5, 5.41) is 10.2. The smallest absolute Gasteiger partial charge is 0.253 e. The minimum absolute atomic E-state index is 0.0262. The third-order valence-corrected chi connectivity index (χ3v) is 6.83. The molecule has 4 rings (SSSR count). The number of benzene rings is 2. The summed E-state index contributed by atoms with van der Waals surface area (Å²) in [7, 11) is 0. The van der Waals surface area contributed by atoms with Gasteiger partial charge in [-0.2, -0.15) is 5.26 Å². The largest absolute Gasteiger partial charge is 0.339 e. The molecule has 5 heteroatoms. The van der Waals surface area contributed by atoms with Gasteiger partial charge in [0.2, 0.25) is 0 Å². The number of pyridine rings is 1. The third-order valence-electron chi connectivity index (χ3n) is 6.52. The van der Waals surface area contributed by atoms with E-state index < -0.39 is 0 Å². The van der Waals surface area contributed by atoms with Gasteiger partial charge in [0.05, 0.1) is 11.6 Å². The Kier molecular flexibility index (Phi) is 6.77. The Morgan fingerprint density at radius 3 is 2.38 bits per heavy atom. The average molecular weight is 472 g/mol. The van der Waals surface area contributed by atoms with Crippen molar-refractivity contribution in [3.05, 3.63) is 76.6 Å². The molecule has 1 fully saturated rings. The lowest BCUT2D eigenvalue weighted by molar-refractivity contribution is 0.0697. The zero-order valence-electron chi connectivity index (χ0n) is 20.2. The van der Waals surface area contributed by atoms with Crippen LogP contribution in [0.3, 0.4) is 0 Å². The van der Waals surface area contributed by atoms with Crippen LogP contribution in [0.1, 0.15) is 62.2 Å². The number of carbonyl (C=O) groups is 1. The molecule has 0 unspecified atom stereocenters. The highest BCUT2D eigenvalue weighted by atomic mass is 35.5. The Hall–Kier alpha value is -3.16. The highest BCUT2D eigenvalue weighted by Gasteiger charge is 2.22. The van der Waals surface area contributed by atoms with Crippen molar-refractivity contribution in [1.82, 2.24) is 9.88 Å². The van der Waals surface area contributed by atoms with Crippen LogP contribution in [-0.2, 0) is 5.41 Å². The fraction of sp³-hybridized carbons (Fsp3) is 0.345. The standard InChI is InChI=1S/C29H30ClN3O/c1-19-8-11-33(12-9-19)28(34)22-5-6-25(26(30)16-22)24-14-20(18-31)13-23(15-24)21-7-10-32-27(17-21)29(2,3)4/h5-7,10,13-17,19H,8-9,11-12H2,1-4H3. The Balaban J connectivity index is 1.69. The fourth-order valence-electron chi connectivity index (χ4n) is 4.31. The average Bonchev–Trinajstić information content (AvgIpc) is 2.83. The van der Waals surface area contributed by atoms with Crippen molar-refractivity contribution in [2.75, 3.05) is 13.1 Å². The second-order valence-corrected chi connectivity index (χ2v) is 10.7. The molecule has 1 aliphatic rings. The lowest BCUT2D eigenvalue weighted by Crippen LogP contribution is -2.37. The van der Waals surface area contributed by atoms with Gasteiger partial charge in [-0.1, -0.05) is 45.4 Å². The minimum atomic E-state index is -0.0796. The van der Waals surface area contributed by atoms with E-state index in [0.717, 1.165) is 53.9 Å². The van der Waals surface area contributed by atoms with Gasteiger partial charge in [0.1, 0.15) is 0 Å². The molecule has 0 saturated carbocycles. The van der Waals surface area contributed by atoms with Crippen LogP contribution in [0.5, 0.6) is 0 Å². The lowest BCUT2D eigenvalue weighted by atomic mass is 9.89. The van der Waals surface area contributed by atoms with Crippen molar-refractivity contribution in [2.45, 2.75) is 46.0 Å². The third kappa shape index (κ3) is 5.16. The molecule has 174 valence electrons. The number of rotatable bonds is 3. The molecule has 3 aromatic rings. The normalized spacial score (nSPS) is 14.6. The summed E-state index contributed by atoms with van der Waals surface area (Å²) in [5.74, 6) is 0.690. The lowest BCUT2D eigenvalue weighted by Gasteiger charge is -2.30. The number of hydrogen-bond acceptors (Lipinski definition) is 3. The summed E-state index contributed by atoms with van der Waals surface area (Å²) >= 11 is 6.69. The summed E-state index contributed by atoms with van der Waals surface area (Å²) in [5.41, 5.74) is 5.64. The Morgan fingerprint density at radius 2 is 1.74 bits per heavy atom. The second-order valence-electron chi connectivity index (χ2n) is 10.3. The maximum Gasteiger partial charge on any atom is 0.253 e. The Bertz CT molecular complexity index is 1260. The first-order valence-corrected chi connectivity index (χ1v) is 12.1. The van der Waals surface area contributed by atoms with E-state index in [9.17, 15) is 10.1 Å². The van der Waals surface area contributed by atoms with E-state index in [4.69, 9.17) is 11.6 Å². The molecule has 2 heterocycles. The molecule has 1 saturated heterocycles. The van der Waals surface area contributed by atoms with Gasteiger partial charge in [-0.25, -0.2) is 0 Å². The van der Waals surface area contributed by atoms with Crippen LogP contribution < -0.4 is 0 Å². The number of halogens is 1. The summed E-state index contributed by atoms with van der Waals surface area (Å²) in [4.78, 5) is 19.4. The SMILES string of the molecule is CC1CCN(C(=O)c2ccc(-c3cc(C#N)cc(-c4ccnc(C(C)(C)C)c4)c3)c(Cl)c2)CC1. The number of likely N-dealkylation sites (tertiary alicyclic amines) is 1. The molecule has 0 N–H and O–H groups in total. The maximum atomic E-state index is 13.0. The van der Waals surface area contributed by atoms with E-state index >= 15 is 0 Å². The van der Waals surface area contributed by atoms with E-state index in [1.54, 1.807) is 6.07 Å². The molecular weight excluding hydrogens is 442 g/mol. The summed E-state index contributed by atoms with van der Waals surface area (Å²) in [6.07, 6.45) is 3.88. The molecule has 4 nitrogen and oxygen atoms in total. The number of aromatic nitrogens is 1. The van der Waals surface area contributed by atoms with Crippen LogP contribution in [0, 0.1) is 17.2 Å². The fourth-order valence-corrected chi connectivity index (χ4v) is 4.60. The molecule has 1 aliphatic heterocycles. The van der Waals surface area contributed by atoms with Crippen LogP contribution in [0.2, 0.25) is 5.02 Å². The molecule has 0 radical (unpaired) electrons. The molecule has 1 amide bonds. The maximum absolute atomic E-state index is 13.0. The van der Waals surface area contributed by atoms with E-state index in [0.29, 0.717) is 22.1 Å². The van der Waals surface area contributed by atoms with Gasteiger partial charge in [0, 0.05) is 46.5 Å². The molecule has 0 spiro atoms. The van der Waals surface area contributed by atoms with Crippen LogP contribution in [0.15, 0.2) is 54.7 Å². The number of nitrogens with zero attached hydrogens (tertiary/aromatic N) is 3. The predicted octanol–water partition coefficient (Wildman–Crippen LogP) is 7.11. The van der Waals surface area contributed by atoms with Gasteiger partial charge in [0.15, 0.2) is 0 Å². The molecule has 0 aliphatic carbocycles. The summed E-state index contributed by atoms with van der Waals surface area (Å²) in [6.45, 7) is 10.2. The van der Waals surface area contributed by atoms with E-state index in [1.807, 2.05) is 47.5 Å². The van der Waals surface area contributed by atoms with Gasteiger partial charge in [-0.3, -0.25) is 9.78 Å². The van der Waals surface area contributed by atoms with Gasteiger partial charge in [-0.15, -0.1) is 0 Å². The van der Waals surface area contributed by atoms with Crippen LogP contribution in [0.25, 0.3) is 22.3 Å². The quantitative estimate of drug-likeness (QED) is 0.409. The predicted molar refractivity (Wildman–Crippen MR) is 138 cm³/mol. The van der Waals surface area contributed by atoms with E-state index in [2.05, 4.69) is 44.8 Å². The Morgan fingerprint density at radius 1 is 1.03 bits per heavy atom. The van der Waals surface area contributed by atoms with Crippen molar-refractivity contribution in [3.8, 4) is 28.3 Å². The highest BCUT2D eigenvalue weighted by molar-refractivity contribution is 6.33. The number of piperidine rings is 1. The molecule has 0 bridgehead atoms. The van der Waals surface area contributed by atoms with Crippen LogP contribution in [0.4, 0.5) is 0 Å². The first-order valence-electron chi connectivity index (χ1n) is 11.8. The van der Waals surface area contributed by atoms with Crippen molar-refractivity contribution in [1.29, 1.82) is 5.26 Å². The van der Waals surface area contributed by atoms with E-state index in [-0.39, 0.29) is 11.3 Å². The summed E-state index contributed by atoms with van der Waals surface area (Å²) in [6, 6.07) is 17.5. The monoisotopic (exact) mass is 471 g/mol. The zero-order chi connectivity index (χ0) is 24.5. The molecule has 0 atom stereocenters. The summed E-state index contributed by atoms with van der Waals surface area (Å²) < 4.78 is 0. The van der Waals surface area contributed by atoms with Crippen molar-refractivity contribution in [2.24, 2.45) is 5.92 Å². The highest BCUT2D eigenvalue weighted by Crippen LogP contribution is 2.34. The first kappa shape index (κ1) is 24.0. The van der Waals surface area contributed by atoms with Crippen LogP contribution >= 0.6 is 11.6 Å². The zero-order valence-corrected chi connectivity index (χ0v) is 21.0. The number of hydrogen-bond donors (Lipinski definition) is 0. The molecule has 34 heavy (non-hydrogen) atoms. The van der Waals surface area contributed by atoms with Crippen molar-refractivity contribution < 1.29 is 4.79 Å². The van der Waals surface area contributed by atoms with Crippen LogP contribution in [-0.4, -0.2) is 28.9 Å². The molecule has 1 aromatic heterocycles. The second kappa shape index (κ2) is 9.60. The van der Waals surface area contributed by atoms with Gasteiger partial charge in [-0.05, 0) is 77.9 Å². The Labute approximate surface area is 207 Å². The number of nitriles is 1. The number of carbonyl (C=O) groups excluding carboxylic acids is 1. The van der Waals surface area contributed by atoms with Gasteiger partial charge in [0.25, 0.3) is 5.91 Å². The van der Waals surface area contributed by atoms with Crippen molar-refractivity contribution >= 4 is 17.5 Å². The van der Waals surface area contributed by atoms with Crippen molar-refractivity contribution in [3.63, 3.8) is 0 Å². The molecule has 2 aromatic carbocycles. The topological polar surface area (TPSA) is 57.0 Å².